The first-order valence-corrected chi connectivity index (χ1v) is 5.09. The van der Waals surface area contributed by atoms with Gasteiger partial charge in [0, 0.05) is 25.4 Å². The highest BCUT2D eigenvalue weighted by Gasteiger charge is 2.19. The Balaban J connectivity index is 2.30. The quantitative estimate of drug-likeness (QED) is 0.829. The number of carbonyl (C=O) groups is 1. The molecule has 1 aliphatic heterocycles. The molecule has 17 heavy (non-hydrogen) atoms. The summed E-state index contributed by atoms with van der Waals surface area (Å²) >= 11 is 0. The van der Waals surface area contributed by atoms with Crippen LogP contribution in [-0.2, 0) is 4.79 Å². The highest BCUT2D eigenvalue weighted by atomic mass is 19.3. The van der Waals surface area contributed by atoms with Crippen LogP contribution in [0.3, 0.4) is 0 Å². The number of likely N-dealkylation sites (N-methyl/N-ethyl adjacent to an activating group) is 1. The standard InChI is InChI=1S/C10H12F2N4O/c1-15-8(2-3-13-5-9(15)17)7-4-14-16(6-7)10(11)12/h2,4,6,10,13H,3,5H2,1H3. The van der Waals surface area contributed by atoms with Crippen molar-refractivity contribution in [3.63, 3.8) is 0 Å². The number of hydrogen-bond acceptors (Lipinski definition) is 3. The van der Waals surface area contributed by atoms with E-state index in [1.165, 1.54) is 17.3 Å². The number of amides is 1. The molecular weight excluding hydrogens is 230 g/mol. The van der Waals surface area contributed by atoms with Crippen molar-refractivity contribution >= 4 is 11.6 Å². The summed E-state index contributed by atoms with van der Waals surface area (Å²) in [5, 5.41) is 6.46. The molecule has 0 aliphatic carbocycles. The molecule has 0 aromatic carbocycles. The monoisotopic (exact) mass is 242 g/mol. The molecule has 5 nitrogen and oxygen atoms in total. The van der Waals surface area contributed by atoms with Gasteiger partial charge in [0.05, 0.1) is 18.4 Å². The molecule has 1 aromatic heterocycles. The van der Waals surface area contributed by atoms with E-state index < -0.39 is 6.55 Å². The van der Waals surface area contributed by atoms with Crippen LogP contribution in [0.2, 0.25) is 0 Å². The number of nitrogens with zero attached hydrogens (tertiary/aromatic N) is 3. The van der Waals surface area contributed by atoms with Gasteiger partial charge in [-0.15, -0.1) is 0 Å². The zero-order valence-electron chi connectivity index (χ0n) is 9.23. The van der Waals surface area contributed by atoms with E-state index in [0.717, 1.165) is 0 Å². The van der Waals surface area contributed by atoms with E-state index in [1.54, 1.807) is 13.1 Å². The summed E-state index contributed by atoms with van der Waals surface area (Å²) in [4.78, 5) is 13.0. The van der Waals surface area contributed by atoms with E-state index in [-0.39, 0.29) is 12.5 Å². The molecule has 0 fully saturated rings. The second-order valence-corrected chi connectivity index (χ2v) is 3.66. The van der Waals surface area contributed by atoms with Gasteiger partial charge >= 0.3 is 6.55 Å². The Morgan fingerprint density at radius 2 is 2.29 bits per heavy atom. The molecule has 1 aromatic rings. The van der Waals surface area contributed by atoms with Crippen molar-refractivity contribution in [3.8, 4) is 0 Å². The average molecular weight is 242 g/mol. The van der Waals surface area contributed by atoms with Crippen molar-refractivity contribution in [2.45, 2.75) is 6.55 Å². The minimum Gasteiger partial charge on any atom is -0.314 e. The molecule has 1 aliphatic rings. The molecule has 1 amide bonds. The maximum absolute atomic E-state index is 12.4. The molecule has 2 heterocycles. The van der Waals surface area contributed by atoms with Gasteiger partial charge in [-0.2, -0.15) is 13.9 Å². The smallest absolute Gasteiger partial charge is 0.314 e. The Morgan fingerprint density at radius 1 is 1.53 bits per heavy atom. The van der Waals surface area contributed by atoms with Gasteiger partial charge in [0.1, 0.15) is 0 Å². The highest BCUT2D eigenvalue weighted by Crippen LogP contribution is 2.20. The Hall–Kier alpha value is -1.76. The Labute approximate surface area is 96.7 Å². The lowest BCUT2D eigenvalue weighted by Gasteiger charge is -2.17. The summed E-state index contributed by atoms with van der Waals surface area (Å²) in [6.45, 7) is -1.92. The first-order chi connectivity index (χ1) is 8.09. The number of rotatable bonds is 2. The SMILES string of the molecule is CN1C(=O)CNCC=C1c1cnn(C(F)F)c1. The van der Waals surface area contributed by atoms with Crippen molar-refractivity contribution in [3.05, 3.63) is 24.0 Å². The highest BCUT2D eigenvalue weighted by molar-refractivity contribution is 5.88. The predicted molar refractivity (Wildman–Crippen MR) is 57.1 cm³/mol. The van der Waals surface area contributed by atoms with Gasteiger partial charge in [-0.25, -0.2) is 4.68 Å². The summed E-state index contributed by atoms with van der Waals surface area (Å²) in [5.74, 6) is -0.112. The van der Waals surface area contributed by atoms with Gasteiger partial charge < -0.3 is 10.2 Å². The molecule has 0 saturated carbocycles. The van der Waals surface area contributed by atoms with Gasteiger partial charge in [0.15, 0.2) is 0 Å². The number of aromatic nitrogens is 2. The van der Waals surface area contributed by atoms with Crippen molar-refractivity contribution in [2.24, 2.45) is 0 Å². The molecule has 1 N–H and O–H groups in total. The number of halogens is 2. The lowest BCUT2D eigenvalue weighted by molar-refractivity contribution is -0.125. The predicted octanol–water partition coefficient (Wildman–Crippen LogP) is 0.681. The van der Waals surface area contributed by atoms with Gasteiger partial charge in [0.25, 0.3) is 0 Å². The van der Waals surface area contributed by atoms with Crippen LogP contribution in [-0.4, -0.2) is 40.7 Å². The van der Waals surface area contributed by atoms with E-state index in [0.29, 0.717) is 22.5 Å². The number of alkyl halides is 2. The van der Waals surface area contributed by atoms with Gasteiger partial charge in [-0.1, -0.05) is 0 Å². The first kappa shape index (κ1) is 11.7. The summed E-state index contributed by atoms with van der Waals surface area (Å²) in [7, 11) is 1.61. The molecule has 0 spiro atoms. The van der Waals surface area contributed by atoms with E-state index >= 15 is 0 Å². The van der Waals surface area contributed by atoms with Crippen LogP contribution in [0.1, 0.15) is 12.1 Å². The number of hydrogen-bond donors (Lipinski definition) is 1. The van der Waals surface area contributed by atoms with Crippen LogP contribution in [0.4, 0.5) is 8.78 Å². The second-order valence-electron chi connectivity index (χ2n) is 3.66. The fourth-order valence-corrected chi connectivity index (χ4v) is 1.63. The van der Waals surface area contributed by atoms with Crippen LogP contribution in [0, 0.1) is 0 Å². The molecule has 0 radical (unpaired) electrons. The maximum Gasteiger partial charge on any atom is 0.333 e. The molecule has 0 unspecified atom stereocenters. The Bertz CT molecular complexity index is 455. The van der Waals surface area contributed by atoms with Crippen molar-refractivity contribution in [1.82, 2.24) is 20.0 Å². The number of nitrogens with one attached hydrogen (secondary N) is 1. The molecule has 92 valence electrons. The molecule has 0 saturated heterocycles. The third-order valence-corrected chi connectivity index (χ3v) is 2.55. The van der Waals surface area contributed by atoms with E-state index in [9.17, 15) is 13.6 Å². The largest absolute Gasteiger partial charge is 0.333 e. The lowest BCUT2D eigenvalue weighted by atomic mass is 10.2. The summed E-state index contributed by atoms with van der Waals surface area (Å²) in [6, 6.07) is 0. The fraction of sp³-hybridized carbons (Fsp3) is 0.400. The van der Waals surface area contributed by atoms with Crippen LogP contribution < -0.4 is 5.32 Å². The van der Waals surface area contributed by atoms with Gasteiger partial charge in [-0.3, -0.25) is 4.79 Å². The summed E-state index contributed by atoms with van der Waals surface area (Å²) in [5.41, 5.74) is 1.09. The summed E-state index contributed by atoms with van der Waals surface area (Å²) < 4.78 is 25.3. The molecule has 2 rings (SSSR count). The van der Waals surface area contributed by atoms with E-state index in [4.69, 9.17) is 0 Å². The molecule has 0 atom stereocenters. The normalized spacial score (nSPS) is 17.3. The van der Waals surface area contributed by atoms with Crippen molar-refractivity contribution < 1.29 is 13.6 Å². The molecule has 0 bridgehead atoms. The molecule has 7 heteroatoms. The van der Waals surface area contributed by atoms with Crippen molar-refractivity contribution in [1.29, 1.82) is 0 Å². The van der Waals surface area contributed by atoms with Gasteiger partial charge in [-0.05, 0) is 6.08 Å². The zero-order chi connectivity index (χ0) is 12.4. The minimum absolute atomic E-state index is 0.112. The van der Waals surface area contributed by atoms with E-state index in [1.807, 2.05) is 0 Å². The Morgan fingerprint density at radius 3 is 2.94 bits per heavy atom. The van der Waals surface area contributed by atoms with Crippen LogP contribution >= 0.6 is 0 Å². The topological polar surface area (TPSA) is 50.2 Å². The zero-order valence-corrected chi connectivity index (χ0v) is 9.23. The molecular formula is C10H12F2N4O. The number of carbonyl (C=O) groups excluding carboxylic acids is 1. The Kier molecular flexibility index (Phi) is 3.19. The third kappa shape index (κ3) is 2.33. The van der Waals surface area contributed by atoms with Crippen LogP contribution in [0.5, 0.6) is 0 Å². The van der Waals surface area contributed by atoms with Crippen molar-refractivity contribution in [2.75, 3.05) is 20.1 Å². The average Bonchev–Trinajstić information content (AvgIpc) is 2.71. The fourth-order valence-electron chi connectivity index (χ4n) is 1.63. The van der Waals surface area contributed by atoms with Gasteiger partial charge in [0.2, 0.25) is 5.91 Å². The summed E-state index contributed by atoms with van der Waals surface area (Å²) in [6.07, 6.45) is 4.33. The minimum atomic E-state index is -2.67. The van der Waals surface area contributed by atoms with Crippen LogP contribution in [0.15, 0.2) is 18.5 Å². The first-order valence-electron chi connectivity index (χ1n) is 5.09. The lowest BCUT2D eigenvalue weighted by Crippen LogP contribution is -2.31. The maximum atomic E-state index is 12.4. The van der Waals surface area contributed by atoms with E-state index in [2.05, 4.69) is 10.4 Å². The second kappa shape index (κ2) is 4.62. The third-order valence-electron chi connectivity index (χ3n) is 2.55. The van der Waals surface area contributed by atoms with Crippen LogP contribution in [0.25, 0.3) is 5.70 Å².